The maximum Gasteiger partial charge on any atom is 0.339 e. The molecule has 2 rings (SSSR count). The quantitative estimate of drug-likeness (QED) is 0.401. The third-order valence-corrected chi connectivity index (χ3v) is 5.01. The minimum absolute atomic E-state index is 0.215. The largest absolute Gasteiger partial charge is 0.479 e. The van der Waals surface area contributed by atoms with Crippen LogP contribution in [-0.4, -0.2) is 64.2 Å². The van der Waals surface area contributed by atoms with Crippen LogP contribution in [0, 0.1) is 11.8 Å². The SMILES string of the molecule is CNC(=O)C(C)(C(=O)O)N(C)C(=O)c1ccc(C#Cc2ccc([C@H](O)CO)cc2)cc1. The first-order chi connectivity index (χ1) is 14.6. The molecule has 0 aliphatic rings. The summed E-state index contributed by atoms with van der Waals surface area (Å²) in [5.74, 6) is 3.04. The number of carbonyl (C=O) groups excluding carboxylic acids is 2. The molecule has 31 heavy (non-hydrogen) atoms. The summed E-state index contributed by atoms with van der Waals surface area (Å²) >= 11 is 0. The van der Waals surface area contributed by atoms with Gasteiger partial charge in [0.25, 0.3) is 11.8 Å². The average molecular weight is 424 g/mol. The molecule has 4 N–H and O–H groups in total. The number of carbonyl (C=O) groups is 3. The molecule has 0 aliphatic carbocycles. The zero-order valence-electron chi connectivity index (χ0n) is 17.4. The van der Waals surface area contributed by atoms with Crippen LogP contribution in [0.25, 0.3) is 0 Å². The van der Waals surface area contributed by atoms with Crippen molar-refractivity contribution in [3.63, 3.8) is 0 Å². The van der Waals surface area contributed by atoms with Gasteiger partial charge in [-0.1, -0.05) is 24.0 Å². The number of aliphatic hydroxyl groups is 2. The van der Waals surface area contributed by atoms with Gasteiger partial charge in [0.15, 0.2) is 0 Å². The molecule has 2 amide bonds. The monoisotopic (exact) mass is 424 g/mol. The van der Waals surface area contributed by atoms with Gasteiger partial charge in [-0.2, -0.15) is 0 Å². The Morgan fingerprint density at radius 3 is 1.94 bits per heavy atom. The van der Waals surface area contributed by atoms with E-state index in [4.69, 9.17) is 5.11 Å². The number of rotatable bonds is 6. The number of aliphatic carboxylic acids is 1. The van der Waals surface area contributed by atoms with Crippen LogP contribution in [0.4, 0.5) is 0 Å². The third-order valence-electron chi connectivity index (χ3n) is 5.01. The predicted octanol–water partition coefficient (Wildman–Crippen LogP) is 0.773. The highest BCUT2D eigenvalue weighted by Gasteiger charge is 2.47. The second-order valence-corrected chi connectivity index (χ2v) is 6.97. The molecule has 1 unspecified atom stereocenters. The Hall–Kier alpha value is -3.67. The number of benzene rings is 2. The number of carboxylic acid groups (broad SMARTS) is 1. The number of aliphatic hydroxyl groups excluding tert-OH is 2. The lowest BCUT2D eigenvalue weighted by atomic mass is 9.98. The van der Waals surface area contributed by atoms with Gasteiger partial charge in [0.2, 0.25) is 5.54 Å². The van der Waals surface area contributed by atoms with Gasteiger partial charge >= 0.3 is 5.97 Å². The Kier molecular flexibility index (Phi) is 7.53. The summed E-state index contributed by atoms with van der Waals surface area (Å²) < 4.78 is 0. The molecular weight excluding hydrogens is 400 g/mol. The van der Waals surface area contributed by atoms with E-state index in [2.05, 4.69) is 17.2 Å². The molecule has 162 valence electrons. The van der Waals surface area contributed by atoms with Crippen LogP contribution in [0.15, 0.2) is 48.5 Å². The van der Waals surface area contributed by atoms with Crippen LogP contribution in [0.5, 0.6) is 0 Å². The number of nitrogens with zero attached hydrogens (tertiary/aromatic N) is 1. The Morgan fingerprint density at radius 1 is 1.03 bits per heavy atom. The van der Waals surface area contributed by atoms with E-state index in [0.29, 0.717) is 16.7 Å². The van der Waals surface area contributed by atoms with Crippen molar-refractivity contribution >= 4 is 17.8 Å². The molecule has 0 radical (unpaired) electrons. The standard InChI is InChI=1S/C23H24N2O6/c1-23(22(30)31,21(29)24-2)25(3)20(28)18-12-8-16(9-13-18)5-4-15-6-10-17(11-7-15)19(27)14-26/h6-13,19,26-27H,14H2,1-3H3,(H,24,29)(H,30,31)/t19-,23?/m1/s1. The van der Waals surface area contributed by atoms with Crippen molar-refractivity contribution < 1.29 is 29.7 Å². The summed E-state index contributed by atoms with van der Waals surface area (Å²) in [7, 11) is 2.56. The van der Waals surface area contributed by atoms with Crippen LogP contribution in [0.3, 0.4) is 0 Å². The Balaban J connectivity index is 2.18. The van der Waals surface area contributed by atoms with E-state index in [0.717, 1.165) is 11.8 Å². The summed E-state index contributed by atoms with van der Waals surface area (Å²) in [5, 5.41) is 30.3. The first kappa shape index (κ1) is 23.6. The summed E-state index contributed by atoms with van der Waals surface area (Å²) in [4.78, 5) is 37.3. The normalized spacial score (nSPS) is 13.2. The molecule has 0 bridgehead atoms. The average Bonchev–Trinajstić information content (AvgIpc) is 2.80. The van der Waals surface area contributed by atoms with E-state index < -0.39 is 29.4 Å². The number of nitrogens with one attached hydrogen (secondary N) is 1. The van der Waals surface area contributed by atoms with E-state index in [-0.39, 0.29) is 12.2 Å². The van der Waals surface area contributed by atoms with Gasteiger partial charge in [0.05, 0.1) is 6.61 Å². The van der Waals surface area contributed by atoms with Gasteiger partial charge in [-0.15, -0.1) is 0 Å². The molecule has 2 aromatic rings. The maximum absolute atomic E-state index is 12.7. The second kappa shape index (κ2) is 9.89. The smallest absolute Gasteiger partial charge is 0.339 e. The molecule has 0 spiro atoms. The minimum Gasteiger partial charge on any atom is -0.479 e. The van der Waals surface area contributed by atoms with Crippen molar-refractivity contribution in [3.8, 4) is 11.8 Å². The Labute approximate surface area is 180 Å². The highest BCUT2D eigenvalue weighted by atomic mass is 16.4. The van der Waals surface area contributed by atoms with Gasteiger partial charge in [-0.3, -0.25) is 9.59 Å². The van der Waals surface area contributed by atoms with E-state index in [9.17, 15) is 24.6 Å². The zero-order valence-corrected chi connectivity index (χ0v) is 17.4. The van der Waals surface area contributed by atoms with Gasteiger partial charge in [-0.05, 0) is 48.9 Å². The summed E-state index contributed by atoms with van der Waals surface area (Å²) in [6, 6.07) is 13.1. The second-order valence-electron chi connectivity index (χ2n) is 6.97. The fraction of sp³-hybridized carbons (Fsp3) is 0.261. The molecule has 2 aromatic carbocycles. The number of likely N-dealkylation sites (N-methyl/N-ethyl adjacent to an activating group) is 2. The van der Waals surface area contributed by atoms with E-state index in [1.807, 2.05) is 0 Å². The van der Waals surface area contributed by atoms with Crippen molar-refractivity contribution in [1.82, 2.24) is 10.2 Å². The van der Waals surface area contributed by atoms with Crippen molar-refractivity contribution in [2.45, 2.75) is 18.6 Å². The van der Waals surface area contributed by atoms with Crippen LogP contribution >= 0.6 is 0 Å². The van der Waals surface area contributed by atoms with Crippen LogP contribution in [-0.2, 0) is 9.59 Å². The lowest BCUT2D eigenvalue weighted by Crippen LogP contribution is -2.61. The fourth-order valence-corrected chi connectivity index (χ4v) is 2.77. The summed E-state index contributed by atoms with van der Waals surface area (Å²) in [5.41, 5.74) is 0.0829. The van der Waals surface area contributed by atoms with Crippen molar-refractivity contribution in [1.29, 1.82) is 0 Å². The maximum atomic E-state index is 12.7. The van der Waals surface area contributed by atoms with Crippen molar-refractivity contribution in [2.75, 3.05) is 20.7 Å². The van der Waals surface area contributed by atoms with Gasteiger partial charge in [-0.25, -0.2) is 4.79 Å². The first-order valence-corrected chi connectivity index (χ1v) is 9.39. The Morgan fingerprint density at radius 2 is 1.52 bits per heavy atom. The highest BCUT2D eigenvalue weighted by Crippen LogP contribution is 2.18. The topological polar surface area (TPSA) is 127 Å². The highest BCUT2D eigenvalue weighted by molar-refractivity contribution is 6.10. The first-order valence-electron chi connectivity index (χ1n) is 9.39. The fourth-order valence-electron chi connectivity index (χ4n) is 2.77. The lowest BCUT2D eigenvalue weighted by Gasteiger charge is -2.33. The molecule has 0 fully saturated rings. The van der Waals surface area contributed by atoms with E-state index >= 15 is 0 Å². The van der Waals surface area contributed by atoms with Gasteiger partial charge in [0.1, 0.15) is 6.10 Å². The summed E-state index contributed by atoms with van der Waals surface area (Å²) in [6.07, 6.45) is -0.934. The Bertz CT molecular complexity index is 1020. The molecule has 0 aliphatic heterocycles. The third kappa shape index (κ3) is 5.09. The van der Waals surface area contributed by atoms with Crippen molar-refractivity contribution in [3.05, 3.63) is 70.8 Å². The van der Waals surface area contributed by atoms with E-state index in [1.54, 1.807) is 36.4 Å². The molecule has 8 heteroatoms. The molecule has 0 saturated heterocycles. The molecule has 2 atom stereocenters. The molecular formula is C23H24N2O6. The summed E-state index contributed by atoms with van der Waals surface area (Å²) in [6.45, 7) is 0.802. The number of hydrogen-bond acceptors (Lipinski definition) is 5. The number of carboxylic acids is 1. The van der Waals surface area contributed by atoms with E-state index in [1.165, 1.54) is 26.2 Å². The van der Waals surface area contributed by atoms with Gasteiger partial charge in [0, 0.05) is 30.8 Å². The lowest BCUT2D eigenvalue weighted by molar-refractivity contribution is -0.154. The van der Waals surface area contributed by atoms with Crippen LogP contribution in [0.1, 0.15) is 40.1 Å². The molecule has 0 heterocycles. The van der Waals surface area contributed by atoms with Crippen LogP contribution in [0.2, 0.25) is 0 Å². The zero-order chi connectivity index (χ0) is 23.2. The predicted molar refractivity (Wildman–Crippen MR) is 113 cm³/mol. The number of amides is 2. The number of hydrogen-bond donors (Lipinski definition) is 4. The molecule has 0 aromatic heterocycles. The molecule has 0 saturated carbocycles. The van der Waals surface area contributed by atoms with Crippen molar-refractivity contribution in [2.24, 2.45) is 0 Å². The van der Waals surface area contributed by atoms with Crippen LogP contribution < -0.4 is 5.32 Å². The minimum atomic E-state index is -2.06. The molecule has 8 nitrogen and oxygen atoms in total. The van der Waals surface area contributed by atoms with Gasteiger partial charge < -0.3 is 25.5 Å².